The van der Waals surface area contributed by atoms with Crippen LogP contribution in [-0.2, 0) is 0 Å². The zero-order valence-electron chi connectivity index (χ0n) is 9.81. The van der Waals surface area contributed by atoms with Crippen LogP contribution in [0.15, 0.2) is 54.0 Å². The Morgan fingerprint density at radius 2 is 1.68 bits per heavy atom. The van der Waals surface area contributed by atoms with Crippen LogP contribution in [0.1, 0.15) is 0 Å². The van der Waals surface area contributed by atoms with Crippen molar-refractivity contribution in [1.82, 2.24) is 4.98 Å². The molecule has 3 aromatic rings. The molecule has 0 aliphatic carbocycles. The maximum atomic E-state index is 6.28. The number of halogens is 2. The Morgan fingerprint density at radius 3 is 2.47 bits per heavy atom. The molecule has 1 aromatic heterocycles. The number of hydrogen-bond donors (Lipinski definition) is 0. The SMILES string of the molecule is Clc1cccc(-c2ncsc2-c2ccccc2)c1Cl. The molecule has 3 rings (SSSR count). The first-order valence-corrected chi connectivity index (χ1v) is 7.34. The first kappa shape index (κ1) is 12.7. The van der Waals surface area contributed by atoms with E-state index in [4.69, 9.17) is 23.2 Å². The van der Waals surface area contributed by atoms with Crippen molar-refractivity contribution in [3.8, 4) is 21.7 Å². The molecule has 2 aromatic carbocycles. The number of thiazole rings is 1. The molecule has 0 spiro atoms. The summed E-state index contributed by atoms with van der Waals surface area (Å²) in [6.07, 6.45) is 0. The van der Waals surface area contributed by atoms with Crippen molar-refractivity contribution in [3.63, 3.8) is 0 Å². The largest absolute Gasteiger partial charge is 0.244 e. The van der Waals surface area contributed by atoms with Crippen LogP contribution in [0, 0.1) is 0 Å². The summed E-state index contributed by atoms with van der Waals surface area (Å²) in [5, 5.41) is 1.10. The molecule has 94 valence electrons. The van der Waals surface area contributed by atoms with Crippen LogP contribution in [-0.4, -0.2) is 4.98 Å². The minimum Gasteiger partial charge on any atom is -0.244 e. The smallest absolute Gasteiger partial charge is 0.0905 e. The molecule has 0 amide bonds. The van der Waals surface area contributed by atoms with Crippen LogP contribution in [0.5, 0.6) is 0 Å². The van der Waals surface area contributed by atoms with Gasteiger partial charge in [-0.1, -0.05) is 65.7 Å². The van der Waals surface area contributed by atoms with Gasteiger partial charge in [0, 0.05) is 5.56 Å². The molecule has 0 N–H and O–H groups in total. The summed E-state index contributed by atoms with van der Waals surface area (Å²) in [6, 6.07) is 15.8. The maximum Gasteiger partial charge on any atom is 0.0905 e. The zero-order chi connectivity index (χ0) is 13.2. The summed E-state index contributed by atoms with van der Waals surface area (Å²) in [7, 11) is 0. The first-order chi connectivity index (χ1) is 9.27. The molecule has 0 unspecified atom stereocenters. The van der Waals surface area contributed by atoms with E-state index >= 15 is 0 Å². The lowest BCUT2D eigenvalue weighted by molar-refractivity contribution is 1.41. The minimum atomic E-state index is 0.547. The van der Waals surface area contributed by atoms with E-state index < -0.39 is 0 Å². The molecule has 1 heterocycles. The summed E-state index contributed by atoms with van der Waals surface area (Å²) >= 11 is 13.9. The van der Waals surface area contributed by atoms with Crippen LogP contribution in [0.2, 0.25) is 10.0 Å². The van der Waals surface area contributed by atoms with Gasteiger partial charge in [0.25, 0.3) is 0 Å². The third-order valence-electron chi connectivity index (χ3n) is 2.81. The highest BCUT2D eigenvalue weighted by atomic mass is 35.5. The number of benzene rings is 2. The highest BCUT2D eigenvalue weighted by Crippen LogP contribution is 2.39. The summed E-state index contributed by atoms with van der Waals surface area (Å²) in [5.74, 6) is 0. The van der Waals surface area contributed by atoms with Crippen molar-refractivity contribution in [2.45, 2.75) is 0 Å². The highest BCUT2D eigenvalue weighted by molar-refractivity contribution is 7.13. The normalized spacial score (nSPS) is 10.6. The Bertz CT molecular complexity index is 707. The topological polar surface area (TPSA) is 12.9 Å². The van der Waals surface area contributed by atoms with Crippen LogP contribution in [0.3, 0.4) is 0 Å². The number of hydrogen-bond acceptors (Lipinski definition) is 2. The Kier molecular flexibility index (Phi) is 3.56. The number of nitrogens with zero attached hydrogens (tertiary/aromatic N) is 1. The van der Waals surface area contributed by atoms with Gasteiger partial charge in [-0.3, -0.25) is 0 Å². The molecular formula is C15H9Cl2NS. The quantitative estimate of drug-likeness (QED) is 0.584. The van der Waals surface area contributed by atoms with E-state index in [0.29, 0.717) is 10.0 Å². The van der Waals surface area contributed by atoms with Gasteiger partial charge in [-0.15, -0.1) is 11.3 Å². The van der Waals surface area contributed by atoms with E-state index in [-0.39, 0.29) is 0 Å². The molecule has 19 heavy (non-hydrogen) atoms. The molecular weight excluding hydrogens is 297 g/mol. The Labute approximate surface area is 125 Å². The number of rotatable bonds is 2. The van der Waals surface area contributed by atoms with Crippen LogP contribution in [0.4, 0.5) is 0 Å². The molecule has 0 aliphatic heterocycles. The van der Waals surface area contributed by atoms with E-state index in [0.717, 1.165) is 21.7 Å². The fourth-order valence-electron chi connectivity index (χ4n) is 1.92. The van der Waals surface area contributed by atoms with Crippen LogP contribution >= 0.6 is 34.5 Å². The monoisotopic (exact) mass is 305 g/mol. The molecule has 0 atom stereocenters. The van der Waals surface area contributed by atoms with Crippen LogP contribution in [0.25, 0.3) is 21.7 Å². The van der Waals surface area contributed by atoms with Gasteiger partial charge >= 0.3 is 0 Å². The lowest BCUT2D eigenvalue weighted by Crippen LogP contribution is -1.84. The maximum absolute atomic E-state index is 6.28. The predicted octanol–water partition coefficient (Wildman–Crippen LogP) is 5.78. The summed E-state index contributed by atoms with van der Waals surface area (Å²) in [4.78, 5) is 5.54. The van der Waals surface area contributed by atoms with Gasteiger partial charge in [-0.25, -0.2) is 4.98 Å². The Morgan fingerprint density at radius 1 is 0.895 bits per heavy atom. The average Bonchev–Trinajstić information content (AvgIpc) is 2.92. The second kappa shape index (κ2) is 5.33. The lowest BCUT2D eigenvalue weighted by Gasteiger charge is -2.06. The first-order valence-electron chi connectivity index (χ1n) is 5.70. The van der Waals surface area contributed by atoms with Crippen LogP contribution < -0.4 is 0 Å². The van der Waals surface area contributed by atoms with Gasteiger partial charge in [-0.05, 0) is 11.6 Å². The van der Waals surface area contributed by atoms with Gasteiger partial charge in [0.05, 0.1) is 26.1 Å². The van der Waals surface area contributed by atoms with E-state index in [1.165, 1.54) is 0 Å². The summed E-state index contributed by atoms with van der Waals surface area (Å²) in [5.41, 5.74) is 4.71. The summed E-state index contributed by atoms with van der Waals surface area (Å²) < 4.78 is 0. The van der Waals surface area contributed by atoms with Crippen molar-refractivity contribution in [3.05, 3.63) is 64.1 Å². The fourth-order valence-corrected chi connectivity index (χ4v) is 3.12. The second-order valence-corrected chi connectivity index (χ2v) is 5.64. The van der Waals surface area contributed by atoms with Gasteiger partial charge in [0.15, 0.2) is 0 Å². The average molecular weight is 306 g/mol. The van der Waals surface area contributed by atoms with Crippen molar-refractivity contribution in [2.24, 2.45) is 0 Å². The van der Waals surface area contributed by atoms with Gasteiger partial charge < -0.3 is 0 Å². The summed E-state index contributed by atoms with van der Waals surface area (Å²) in [6.45, 7) is 0. The van der Waals surface area contributed by atoms with Gasteiger partial charge in [0.2, 0.25) is 0 Å². The Hall–Kier alpha value is -1.35. The van der Waals surface area contributed by atoms with E-state index in [1.807, 2.05) is 35.8 Å². The predicted molar refractivity (Wildman–Crippen MR) is 83.0 cm³/mol. The van der Waals surface area contributed by atoms with Gasteiger partial charge in [0.1, 0.15) is 0 Å². The molecule has 4 heteroatoms. The minimum absolute atomic E-state index is 0.547. The Balaban J connectivity index is 2.18. The molecule has 1 nitrogen and oxygen atoms in total. The molecule has 0 bridgehead atoms. The third kappa shape index (κ3) is 2.39. The van der Waals surface area contributed by atoms with Crippen molar-refractivity contribution < 1.29 is 0 Å². The molecule has 0 fully saturated rings. The molecule has 0 radical (unpaired) electrons. The third-order valence-corrected chi connectivity index (χ3v) is 4.50. The molecule has 0 saturated heterocycles. The van der Waals surface area contributed by atoms with E-state index in [1.54, 1.807) is 17.4 Å². The van der Waals surface area contributed by atoms with E-state index in [2.05, 4.69) is 17.1 Å². The van der Waals surface area contributed by atoms with E-state index in [9.17, 15) is 0 Å². The van der Waals surface area contributed by atoms with Crippen molar-refractivity contribution in [2.75, 3.05) is 0 Å². The van der Waals surface area contributed by atoms with Gasteiger partial charge in [-0.2, -0.15) is 0 Å². The standard InChI is InChI=1S/C15H9Cl2NS/c16-12-8-4-7-11(13(12)17)14-15(19-9-18-14)10-5-2-1-3-6-10/h1-9H. The number of aromatic nitrogens is 1. The van der Waals surface area contributed by atoms with Crippen molar-refractivity contribution in [1.29, 1.82) is 0 Å². The molecule has 0 aliphatic rings. The lowest BCUT2D eigenvalue weighted by atomic mass is 10.1. The zero-order valence-corrected chi connectivity index (χ0v) is 12.1. The van der Waals surface area contributed by atoms with Crippen molar-refractivity contribution >= 4 is 34.5 Å². The molecule has 0 saturated carbocycles. The fraction of sp³-hybridized carbons (Fsp3) is 0. The highest BCUT2D eigenvalue weighted by Gasteiger charge is 2.14. The second-order valence-electron chi connectivity index (χ2n) is 4.00.